The number of fused-ring (bicyclic) bond motifs is 1. The maximum absolute atomic E-state index is 12.0. The van der Waals surface area contributed by atoms with Crippen molar-refractivity contribution in [1.82, 2.24) is 14.9 Å². The molecule has 7 nitrogen and oxygen atoms in total. The van der Waals surface area contributed by atoms with E-state index in [1.807, 2.05) is 6.92 Å². The zero-order valence-electron chi connectivity index (χ0n) is 10.0. The smallest absolute Gasteiger partial charge is 0.322 e. The molecule has 8 heteroatoms. The van der Waals surface area contributed by atoms with Crippen molar-refractivity contribution >= 4 is 33.4 Å². The SMILES string of the molecule is Cc1cc2c(=O)n(CC(=O)NCC(=O)O)cnc2s1. The summed E-state index contributed by atoms with van der Waals surface area (Å²) in [5.41, 5.74) is -0.306. The van der Waals surface area contributed by atoms with Gasteiger partial charge in [0.2, 0.25) is 5.91 Å². The van der Waals surface area contributed by atoms with Crippen LogP contribution >= 0.6 is 11.3 Å². The van der Waals surface area contributed by atoms with Gasteiger partial charge in [-0.2, -0.15) is 0 Å². The number of carbonyl (C=O) groups excluding carboxylic acids is 1. The highest BCUT2D eigenvalue weighted by atomic mass is 32.1. The molecule has 0 aromatic carbocycles. The van der Waals surface area contributed by atoms with E-state index in [0.717, 1.165) is 9.44 Å². The number of carboxylic acids is 1. The van der Waals surface area contributed by atoms with Gasteiger partial charge in [-0.25, -0.2) is 4.98 Å². The first kappa shape index (κ1) is 13.2. The third kappa shape index (κ3) is 2.97. The minimum Gasteiger partial charge on any atom is -0.480 e. The number of hydrogen-bond donors (Lipinski definition) is 2. The molecule has 0 radical (unpaired) electrons. The number of rotatable bonds is 4. The zero-order chi connectivity index (χ0) is 14.0. The van der Waals surface area contributed by atoms with Crippen LogP contribution < -0.4 is 10.9 Å². The average molecular weight is 281 g/mol. The van der Waals surface area contributed by atoms with Gasteiger partial charge in [-0.15, -0.1) is 11.3 Å². The second-order valence-corrected chi connectivity index (χ2v) is 5.16. The minimum absolute atomic E-state index is 0.246. The average Bonchev–Trinajstić information content (AvgIpc) is 2.72. The molecule has 0 spiro atoms. The lowest BCUT2D eigenvalue weighted by Crippen LogP contribution is -2.35. The lowest BCUT2D eigenvalue weighted by Gasteiger charge is -2.05. The highest BCUT2D eigenvalue weighted by Gasteiger charge is 2.10. The van der Waals surface area contributed by atoms with Crippen LogP contribution in [-0.2, 0) is 16.1 Å². The van der Waals surface area contributed by atoms with Crippen LogP contribution in [0.1, 0.15) is 4.88 Å². The Kier molecular flexibility index (Phi) is 3.61. The van der Waals surface area contributed by atoms with E-state index in [9.17, 15) is 14.4 Å². The molecule has 2 rings (SSSR count). The van der Waals surface area contributed by atoms with Crippen molar-refractivity contribution in [2.24, 2.45) is 0 Å². The third-order valence-corrected chi connectivity index (χ3v) is 3.35. The normalized spacial score (nSPS) is 10.6. The van der Waals surface area contributed by atoms with Crippen LogP contribution in [0.3, 0.4) is 0 Å². The number of carboxylic acid groups (broad SMARTS) is 1. The lowest BCUT2D eigenvalue weighted by molar-refractivity contribution is -0.138. The molecule has 19 heavy (non-hydrogen) atoms. The van der Waals surface area contributed by atoms with Crippen LogP contribution in [0.2, 0.25) is 0 Å². The summed E-state index contributed by atoms with van der Waals surface area (Å²) in [6.45, 7) is 1.15. The maximum Gasteiger partial charge on any atom is 0.322 e. The molecule has 0 aliphatic heterocycles. The van der Waals surface area contributed by atoms with Crippen LogP contribution in [0.25, 0.3) is 10.2 Å². The van der Waals surface area contributed by atoms with Gasteiger partial charge >= 0.3 is 5.97 Å². The predicted molar refractivity (Wildman–Crippen MR) is 69.3 cm³/mol. The Balaban J connectivity index is 2.21. The number of carbonyl (C=O) groups is 2. The fraction of sp³-hybridized carbons (Fsp3) is 0.273. The van der Waals surface area contributed by atoms with E-state index >= 15 is 0 Å². The summed E-state index contributed by atoms with van der Waals surface area (Å²) in [5.74, 6) is -1.68. The molecule has 2 aromatic rings. The number of amides is 1. The summed E-state index contributed by atoms with van der Waals surface area (Å²) in [5, 5.41) is 11.1. The van der Waals surface area contributed by atoms with Gasteiger partial charge < -0.3 is 10.4 Å². The molecule has 0 aliphatic rings. The van der Waals surface area contributed by atoms with Crippen LogP contribution in [0.4, 0.5) is 0 Å². The quantitative estimate of drug-likeness (QED) is 0.819. The van der Waals surface area contributed by atoms with Gasteiger partial charge in [0, 0.05) is 4.88 Å². The van der Waals surface area contributed by atoms with E-state index in [1.54, 1.807) is 6.07 Å². The Bertz CT molecular complexity index is 704. The molecule has 100 valence electrons. The Labute approximate surface area is 111 Å². The van der Waals surface area contributed by atoms with Crippen LogP contribution in [0.5, 0.6) is 0 Å². The Morgan fingerprint density at radius 3 is 2.95 bits per heavy atom. The van der Waals surface area contributed by atoms with Gasteiger partial charge in [-0.05, 0) is 13.0 Å². The number of hydrogen-bond acceptors (Lipinski definition) is 5. The topological polar surface area (TPSA) is 101 Å². The number of aromatic nitrogens is 2. The molecule has 0 aliphatic carbocycles. The van der Waals surface area contributed by atoms with Crippen molar-refractivity contribution < 1.29 is 14.7 Å². The van der Waals surface area contributed by atoms with E-state index in [4.69, 9.17) is 5.11 Å². The van der Waals surface area contributed by atoms with Gasteiger partial charge in [0.1, 0.15) is 17.9 Å². The summed E-state index contributed by atoms with van der Waals surface area (Å²) in [6.07, 6.45) is 1.29. The van der Waals surface area contributed by atoms with Gasteiger partial charge in [-0.1, -0.05) is 0 Å². The fourth-order valence-corrected chi connectivity index (χ4v) is 2.42. The number of thiophene rings is 1. The van der Waals surface area contributed by atoms with Crippen molar-refractivity contribution in [1.29, 1.82) is 0 Å². The monoisotopic (exact) mass is 281 g/mol. The predicted octanol–water partition coefficient (Wildman–Crippen LogP) is -0.0328. The molecular formula is C11H11N3O4S. The highest BCUT2D eigenvalue weighted by Crippen LogP contribution is 2.19. The molecule has 2 heterocycles. The van der Waals surface area contributed by atoms with Gasteiger partial charge in [-0.3, -0.25) is 19.0 Å². The molecule has 0 saturated heterocycles. The lowest BCUT2D eigenvalue weighted by atomic mass is 10.3. The van der Waals surface area contributed by atoms with Crippen LogP contribution in [-0.4, -0.2) is 33.1 Å². The van der Waals surface area contributed by atoms with Crippen molar-refractivity contribution in [2.75, 3.05) is 6.54 Å². The summed E-state index contributed by atoms with van der Waals surface area (Å²) < 4.78 is 1.16. The first-order chi connectivity index (χ1) is 8.97. The molecular weight excluding hydrogens is 270 g/mol. The fourth-order valence-electron chi connectivity index (χ4n) is 1.58. The second-order valence-electron chi connectivity index (χ2n) is 3.92. The molecule has 1 amide bonds. The number of aliphatic carboxylic acids is 1. The summed E-state index contributed by atoms with van der Waals surface area (Å²) in [6, 6.07) is 1.72. The Hall–Kier alpha value is -2.22. The first-order valence-electron chi connectivity index (χ1n) is 5.41. The van der Waals surface area contributed by atoms with Gasteiger partial charge in [0.25, 0.3) is 5.56 Å². The van der Waals surface area contributed by atoms with Crippen molar-refractivity contribution in [3.05, 3.63) is 27.6 Å². The summed E-state index contributed by atoms with van der Waals surface area (Å²) in [4.78, 5) is 39.5. The van der Waals surface area contributed by atoms with Gasteiger partial charge in [0.15, 0.2) is 0 Å². The van der Waals surface area contributed by atoms with Gasteiger partial charge in [0.05, 0.1) is 11.7 Å². The molecule has 0 saturated carbocycles. The number of nitrogens with zero attached hydrogens (tertiary/aromatic N) is 2. The standard InChI is InChI=1S/C11H11N3O4S/c1-6-2-7-10(19-6)13-5-14(11(7)18)4-8(15)12-3-9(16)17/h2,5H,3-4H2,1H3,(H,12,15)(H,16,17). The molecule has 0 bridgehead atoms. The molecule has 2 aromatic heterocycles. The molecule has 0 unspecified atom stereocenters. The van der Waals surface area contributed by atoms with Crippen molar-refractivity contribution in [2.45, 2.75) is 13.5 Å². The van der Waals surface area contributed by atoms with E-state index < -0.39 is 18.4 Å². The van der Waals surface area contributed by atoms with E-state index in [1.165, 1.54) is 17.7 Å². The third-order valence-electron chi connectivity index (χ3n) is 2.39. The van der Waals surface area contributed by atoms with E-state index in [2.05, 4.69) is 10.3 Å². The van der Waals surface area contributed by atoms with Crippen molar-refractivity contribution in [3.8, 4) is 0 Å². The van der Waals surface area contributed by atoms with Crippen LogP contribution in [0.15, 0.2) is 17.2 Å². The first-order valence-corrected chi connectivity index (χ1v) is 6.23. The highest BCUT2D eigenvalue weighted by molar-refractivity contribution is 7.18. The van der Waals surface area contributed by atoms with Crippen molar-refractivity contribution in [3.63, 3.8) is 0 Å². The Morgan fingerprint density at radius 2 is 2.26 bits per heavy atom. The summed E-state index contributed by atoms with van der Waals surface area (Å²) in [7, 11) is 0. The molecule has 0 atom stereocenters. The maximum atomic E-state index is 12.0. The zero-order valence-corrected chi connectivity index (χ0v) is 10.9. The van der Waals surface area contributed by atoms with E-state index in [-0.39, 0.29) is 12.1 Å². The molecule has 2 N–H and O–H groups in total. The largest absolute Gasteiger partial charge is 0.480 e. The minimum atomic E-state index is -1.14. The van der Waals surface area contributed by atoms with Crippen LogP contribution in [0, 0.1) is 6.92 Å². The second kappa shape index (κ2) is 5.19. The number of aryl methyl sites for hydroxylation is 1. The summed E-state index contributed by atoms with van der Waals surface area (Å²) >= 11 is 1.41. The van der Waals surface area contributed by atoms with E-state index in [0.29, 0.717) is 10.2 Å². The Morgan fingerprint density at radius 1 is 1.53 bits per heavy atom. The number of nitrogens with one attached hydrogen (secondary N) is 1. The molecule has 0 fully saturated rings.